The molecule has 8 nitrogen and oxygen atoms in total. The molecule has 1 fully saturated rings. The summed E-state index contributed by atoms with van der Waals surface area (Å²) in [4.78, 5) is 34.7. The molecule has 0 bridgehead atoms. The molecule has 0 unspecified atom stereocenters. The molecule has 4 aromatic carbocycles. The lowest BCUT2D eigenvalue weighted by Gasteiger charge is -2.31. The third-order valence-electron chi connectivity index (χ3n) is 8.96. The SMILES string of the molecule is O=C(Nc1nc2ccccc2s1)N(CCNCC1CCN(C(=O)OCc2ccccc2)CC1)CCC(c1ccccc1)c1ccccc1. The van der Waals surface area contributed by atoms with Crippen LogP contribution >= 0.6 is 11.3 Å². The molecular formula is C39H43N5O3S. The smallest absolute Gasteiger partial charge is 0.410 e. The number of anilines is 1. The van der Waals surface area contributed by atoms with Crippen LogP contribution in [0.15, 0.2) is 115 Å². The highest BCUT2D eigenvalue weighted by atomic mass is 32.1. The average molecular weight is 662 g/mol. The number of carbonyl (C=O) groups excluding carboxylic acids is 2. The predicted octanol–water partition coefficient (Wildman–Crippen LogP) is 7.99. The van der Waals surface area contributed by atoms with Crippen molar-refractivity contribution in [3.05, 3.63) is 132 Å². The molecular weight excluding hydrogens is 619 g/mol. The highest BCUT2D eigenvalue weighted by Crippen LogP contribution is 2.29. The Labute approximate surface area is 286 Å². The quantitative estimate of drug-likeness (QED) is 0.125. The number of rotatable bonds is 13. The minimum Gasteiger partial charge on any atom is -0.445 e. The van der Waals surface area contributed by atoms with E-state index < -0.39 is 0 Å². The van der Waals surface area contributed by atoms with E-state index in [1.807, 2.05) is 76.5 Å². The Morgan fingerprint density at radius 3 is 2.12 bits per heavy atom. The number of para-hydroxylation sites is 1. The van der Waals surface area contributed by atoms with Gasteiger partial charge in [0.25, 0.3) is 0 Å². The van der Waals surface area contributed by atoms with Crippen LogP contribution in [0.25, 0.3) is 10.2 Å². The maximum Gasteiger partial charge on any atom is 0.410 e. The Kier molecular flexibility index (Phi) is 11.7. The van der Waals surface area contributed by atoms with Gasteiger partial charge in [-0.05, 0) is 60.5 Å². The number of fused-ring (bicyclic) bond motifs is 1. The van der Waals surface area contributed by atoms with Gasteiger partial charge in [-0.15, -0.1) is 0 Å². The molecule has 5 aromatic rings. The fraction of sp³-hybridized carbons (Fsp3) is 0.308. The van der Waals surface area contributed by atoms with Crippen molar-refractivity contribution in [2.24, 2.45) is 5.92 Å². The molecule has 1 aliphatic rings. The van der Waals surface area contributed by atoms with Gasteiger partial charge in [0.2, 0.25) is 0 Å². The molecule has 2 heterocycles. The van der Waals surface area contributed by atoms with Crippen LogP contribution in [0, 0.1) is 5.92 Å². The van der Waals surface area contributed by atoms with Gasteiger partial charge in [0.15, 0.2) is 5.13 Å². The molecule has 6 rings (SSSR count). The number of urea groups is 1. The first-order valence-corrected chi connectivity index (χ1v) is 17.6. The van der Waals surface area contributed by atoms with Gasteiger partial charge in [-0.2, -0.15) is 0 Å². The van der Waals surface area contributed by atoms with Crippen molar-refractivity contribution in [3.63, 3.8) is 0 Å². The molecule has 9 heteroatoms. The van der Waals surface area contributed by atoms with Gasteiger partial charge in [0, 0.05) is 38.6 Å². The number of amides is 3. The summed E-state index contributed by atoms with van der Waals surface area (Å²) in [7, 11) is 0. The number of benzene rings is 4. The first-order chi connectivity index (χ1) is 23.6. The van der Waals surface area contributed by atoms with Crippen LogP contribution in [-0.4, -0.2) is 66.2 Å². The second kappa shape index (κ2) is 16.9. The van der Waals surface area contributed by atoms with Gasteiger partial charge in [0.1, 0.15) is 6.61 Å². The van der Waals surface area contributed by atoms with Gasteiger partial charge in [-0.1, -0.05) is 114 Å². The van der Waals surface area contributed by atoms with E-state index in [4.69, 9.17) is 4.74 Å². The summed E-state index contributed by atoms with van der Waals surface area (Å²) in [6.07, 6.45) is 2.39. The summed E-state index contributed by atoms with van der Waals surface area (Å²) in [6, 6.07) is 38.6. The number of aromatic nitrogens is 1. The topological polar surface area (TPSA) is 86.8 Å². The molecule has 1 saturated heterocycles. The zero-order valence-corrected chi connectivity index (χ0v) is 28.0. The number of nitrogens with zero attached hydrogens (tertiary/aromatic N) is 3. The monoisotopic (exact) mass is 661 g/mol. The lowest BCUT2D eigenvalue weighted by Crippen LogP contribution is -2.43. The van der Waals surface area contributed by atoms with E-state index >= 15 is 0 Å². The van der Waals surface area contributed by atoms with Crippen molar-refractivity contribution < 1.29 is 14.3 Å². The van der Waals surface area contributed by atoms with Crippen LogP contribution in [-0.2, 0) is 11.3 Å². The van der Waals surface area contributed by atoms with Crippen molar-refractivity contribution in [1.82, 2.24) is 20.1 Å². The fourth-order valence-electron chi connectivity index (χ4n) is 6.24. The van der Waals surface area contributed by atoms with E-state index in [1.54, 1.807) is 0 Å². The number of likely N-dealkylation sites (tertiary alicyclic amines) is 1. The van der Waals surface area contributed by atoms with E-state index in [-0.39, 0.29) is 18.0 Å². The molecule has 1 aromatic heterocycles. The van der Waals surface area contributed by atoms with Crippen molar-refractivity contribution in [2.45, 2.75) is 31.8 Å². The van der Waals surface area contributed by atoms with Gasteiger partial charge in [0.05, 0.1) is 10.2 Å². The van der Waals surface area contributed by atoms with E-state index in [0.717, 1.165) is 41.6 Å². The Balaban J connectivity index is 1.03. The first-order valence-electron chi connectivity index (χ1n) is 16.8. The van der Waals surface area contributed by atoms with Gasteiger partial charge >= 0.3 is 12.1 Å². The van der Waals surface area contributed by atoms with E-state index in [9.17, 15) is 9.59 Å². The molecule has 0 saturated carbocycles. The van der Waals surface area contributed by atoms with E-state index in [0.29, 0.717) is 50.4 Å². The van der Waals surface area contributed by atoms with Crippen LogP contribution in [0.3, 0.4) is 0 Å². The number of piperidine rings is 1. The van der Waals surface area contributed by atoms with Gasteiger partial charge in [-0.25, -0.2) is 14.6 Å². The van der Waals surface area contributed by atoms with Gasteiger partial charge < -0.3 is 19.9 Å². The molecule has 248 valence electrons. The molecule has 48 heavy (non-hydrogen) atoms. The largest absolute Gasteiger partial charge is 0.445 e. The lowest BCUT2D eigenvalue weighted by molar-refractivity contribution is 0.0822. The summed E-state index contributed by atoms with van der Waals surface area (Å²) in [5.41, 5.74) is 4.35. The zero-order valence-electron chi connectivity index (χ0n) is 27.2. The van der Waals surface area contributed by atoms with Crippen LogP contribution in [0.2, 0.25) is 0 Å². The molecule has 0 spiro atoms. The molecule has 2 N–H and O–H groups in total. The van der Waals surface area contributed by atoms with E-state index in [2.05, 4.69) is 64.1 Å². The third kappa shape index (κ3) is 9.20. The van der Waals surface area contributed by atoms with Crippen molar-refractivity contribution >= 4 is 38.8 Å². The van der Waals surface area contributed by atoms with Gasteiger partial charge in [-0.3, -0.25) is 5.32 Å². The average Bonchev–Trinajstić information content (AvgIpc) is 3.55. The lowest BCUT2D eigenvalue weighted by atomic mass is 9.88. The first kappa shape index (κ1) is 33.2. The summed E-state index contributed by atoms with van der Waals surface area (Å²) in [5, 5.41) is 7.28. The number of thiazole rings is 1. The summed E-state index contributed by atoms with van der Waals surface area (Å²) in [5.74, 6) is 0.636. The third-order valence-corrected chi connectivity index (χ3v) is 9.91. The maximum absolute atomic E-state index is 13.7. The second-order valence-corrected chi connectivity index (χ2v) is 13.3. The minimum atomic E-state index is -0.246. The van der Waals surface area contributed by atoms with Crippen LogP contribution in [0.4, 0.5) is 14.7 Å². The molecule has 0 atom stereocenters. The molecule has 1 aliphatic heterocycles. The molecule has 0 radical (unpaired) electrons. The fourth-order valence-corrected chi connectivity index (χ4v) is 7.10. The number of ether oxygens (including phenoxy) is 1. The summed E-state index contributed by atoms with van der Waals surface area (Å²) < 4.78 is 6.58. The number of carbonyl (C=O) groups is 2. The zero-order chi connectivity index (χ0) is 33.0. The Bertz CT molecular complexity index is 1650. The number of hydrogen-bond donors (Lipinski definition) is 2. The molecule has 3 amide bonds. The van der Waals surface area contributed by atoms with Crippen LogP contribution in [0.1, 0.15) is 41.9 Å². The Morgan fingerprint density at radius 2 is 1.46 bits per heavy atom. The molecule has 0 aliphatic carbocycles. The second-order valence-electron chi connectivity index (χ2n) is 12.2. The maximum atomic E-state index is 13.7. The summed E-state index contributed by atoms with van der Waals surface area (Å²) in [6.45, 7) is 4.36. The standard InChI is InChI=1S/C39H43N5O3S/c45-38(42-37-41-35-18-10-11-19-36(35)48-37)43(26-22-34(32-14-6-2-7-15-32)33-16-8-3-9-17-33)27-23-40-28-30-20-24-44(25-21-30)39(46)47-29-31-12-4-1-5-13-31/h1-19,30,34,40H,20-29H2,(H,41,42,45). The predicted molar refractivity (Wildman–Crippen MR) is 193 cm³/mol. The van der Waals surface area contributed by atoms with Crippen molar-refractivity contribution in [1.29, 1.82) is 0 Å². The van der Waals surface area contributed by atoms with Crippen molar-refractivity contribution in [3.8, 4) is 0 Å². The normalized spacial score (nSPS) is 13.5. The summed E-state index contributed by atoms with van der Waals surface area (Å²) >= 11 is 1.49. The highest BCUT2D eigenvalue weighted by Gasteiger charge is 2.24. The number of nitrogens with one attached hydrogen (secondary N) is 2. The van der Waals surface area contributed by atoms with Crippen LogP contribution in [0.5, 0.6) is 0 Å². The highest BCUT2D eigenvalue weighted by molar-refractivity contribution is 7.22. The Morgan fingerprint density at radius 1 is 0.833 bits per heavy atom. The number of hydrogen-bond acceptors (Lipinski definition) is 6. The van der Waals surface area contributed by atoms with Crippen LogP contribution < -0.4 is 10.6 Å². The Hall–Kier alpha value is -4.73. The minimum absolute atomic E-state index is 0.141. The van der Waals surface area contributed by atoms with E-state index in [1.165, 1.54) is 22.5 Å². The van der Waals surface area contributed by atoms with Crippen molar-refractivity contribution in [2.75, 3.05) is 44.6 Å².